The molecule has 0 fully saturated rings. The molecule has 9 heteroatoms. The number of benzene rings is 1. The molecule has 0 bridgehead atoms. The van der Waals surface area contributed by atoms with E-state index in [1.807, 2.05) is 0 Å². The second kappa shape index (κ2) is 6.79. The number of aromatic nitrogens is 1. The average molecular weight is 357 g/mol. The van der Waals surface area contributed by atoms with Crippen molar-refractivity contribution < 1.29 is 24.0 Å². The summed E-state index contributed by atoms with van der Waals surface area (Å²) in [7, 11) is 1.20. The van der Waals surface area contributed by atoms with Crippen molar-refractivity contribution in [1.29, 1.82) is 0 Å². The van der Waals surface area contributed by atoms with Gasteiger partial charge in [-0.15, -0.1) is 0 Å². The number of carbonyl (C=O) groups excluding carboxylic acids is 2. The Morgan fingerprint density at radius 2 is 2.00 bits per heavy atom. The number of anilines is 1. The Balaban J connectivity index is 2.20. The highest BCUT2D eigenvalue weighted by molar-refractivity contribution is 6.04. The largest absolute Gasteiger partial charge is 0.475 e. The molecule has 0 radical (unpaired) electrons. The van der Waals surface area contributed by atoms with Gasteiger partial charge in [-0.25, -0.2) is 4.79 Å². The quantitative estimate of drug-likeness (QED) is 0.467. The van der Waals surface area contributed by atoms with Crippen molar-refractivity contribution >= 4 is 23.5 Å². The van der Waals surface area contributed by atoms with E-state index in [0.717, 1.165) is 4.90 Å². The van der Waals surface area contributed by atoms with Crippen molar-refractivity contribution in [2.75, 3.05) is 12.0 Å². The van der Waals surface area contributed by atoms with Crippen LogP contribution in [0, 0.1) is 10.1 Å². The smallest absolute Gasteiger partial charge is 0.366 e. The van der Waals surface area contributed by atoms with Gasteiger partial charge in [0.05, 0.1) is 7.11 Å². The lowest BCUT2D eigenvalue weighted by Crippen LogP contribution is -2.49. The fraction of sp³-hybridized carbons (Fsp3) is 0.235. The van der Waals surface area contributed by atoms with Gasteiger partial charge in [-0.05, 0) is 28.5 Å². The first kappa shape index (κ1) is 17.3. The molecule has 1 amide bonds. The monoisotopic (exact) mass is 357 g/mol. The van der Waals surface area contributed by atoms with Crippen LogP contribution in [0.25, 0.3) is 0 Å². The molecule has 1 aliphatic heterocycles. The summed E-state index contributed by atoms with van der Waals surface area (Å²) in [6.45, 7) is 1.53. The number of carbonyl (C=O) groups is 2. The minimum absolute atomic E-state index is 0.0958. The number of ether oxygens (including phenoxy) is 2. The Labute approximate surface area is 148 Å². The Morgan fingerprint density at radius 1 is 1.31 bits per heavy atom. The predicted molar refractivity (Wildman–Crippen MR) is 89.7 cm³/mol. The summed E-state index contributed by atoms with van der Waals surface area (Å²) in [4.78, 5) is 40.7. The second-order valence-corrected chi connectivity index (χ2v) is 5.55. The first-order chi connectivity index (χ1) is 12.4. The van der Waals surface area contributed by atoms with Gasteiger partial charge < -0.3 is 19.6 Å². The number of nitrogens with zero attached hydrogens (tertiary/aromatic N) is 3. The maximum atomic E-state index is 12.8. The van der Waals surface area contributed by atoms with Crippen molar-refractivity contribution in [3.8, 4) is 5.75 Å². The minimum Gasteiger partial charge on any atom is -0.475 e. The fourth-order valence-corrected chi connectivity index (χ4v) is 2.72. The maximum absolute atomic E-state index is 12.8. The lowest BCUT2D eigenvalue weighted by atomic mass is 10.0. The van der Waals surface area contributed by atoms with Crippen LogP contribution in [0.1, 0.15) is 18.5 Å². The van der Waals surface area contributed by atoms with E-state index in [4.69, 9.17) is 9.47 Å². The van der Waals surface area contributed by atoms with Crippen LogP contribution in [0.5, 0.6) is 5.75 Å². The molecule has 3 rings (SSSR count). The van der Waals surface area contributed by atoms with Crippen molar-refractivity contribution in [3.05, 3.63) is 58.1 Å². The third-order valence-corrected chi connectivity index (χ3v) is 3.93. The number of hydrogen-bond donors (Lipinski definition) is 0. The standard InChI is InChI=1S/C17H15N3O6/c1-10-16(21)19(14(17(22)25-2)11-6-4-3-5-7-11)15-12(26-10)8-9-13(18-15)20(23)24/h3-10,14H,1-2H3. The molecule has 9 nitrogen and oxygen atoms in total. The SMILES string of the molecule is COC(=O)C(c1ccccc1)N1C(=O)C(C)Oc2ccc([N+](=O)[O-])nc21. The van der Waals surface area contributed by atoms with Crippen LogP contribution in [-0.2, 0) is 14.3 Å². The van der Waals surface area contributed by atoms with Gasteiger partial charge >= 0.3 is 11.8 Å². The average Bonchev–Trinajstić information content (AvgIpc) is 2.65. The van der Waals surface area contributed by atoms with Gasteiger partial charge in [-0.3, -0.25) is 9.69 Å². The van der Waals surface area contributed by atoms with E-state index in [1.165, 1.54) is 26.2 Å². The Kier molecular flexibility index (Phi) is 4.53. The van der Waals surface area contributed by atoms with Crippen LogP contribution in [0.4, 0.5) is 11.6 Å². The molecular weight excluding hydrogens is 342 g/mol. The third-order valence-electron chi connectivity index (χ3n) is 3.93. The third kappa shape index (κ3) is 2.94. The summed E-state index contributed by atoms with van der Waals surface area (Å²) >= 11 is 0. The summed E-state index contributed by atoms with van der Waals surface area (Å²) in [5.74, 6) is -1.63. The second-order valence-electron chi connectivity index (χ2n) is 5.55. The molecule has 2 aromatic rings. The highest BCUT2D eigenvalue weighted by Crippen LogP contribution is 2.39. The lowest BCUT2D eigenvalue weighted by Gasteiger charge is -2.33. The number of fused-ring (bicyclic) bond motifs is 1. The van der Waals surface area contributed by atoms with Crippen molar-refractivity contribution in [3.63, 3.8) is 0 Å². The van der Waals surface area contributed by atoms with Crippen LogP contribution in [0.3, 0.4) is 0 Å². The molecule has 134 valence electrons. The zero-order chi connectivity index (χ0) is 18.8. The van der Waals surface area contributed by atoms with Crippen molar-refractivity contribution in [2.24, 2.45) is 0 Å². The van der Waals surface area contributed by atoms with E-state index in [2.05, 4.69) is 4.98 Å². The number of hydrogen-bond acceptors (Lipinski definition) is 7. The fourth-order valence-electron chi connectivity index (χ4n) is 2.72. The zero-order valence-corrected chi connectivity index (χ0v) is 14.0. The molecular formula is C17H15N3O6. The summed E-state index contributed by atoms with van der Waals surface area (Å²) in [6, 6.07) is 9.89. The first-order valence-corrected chi connectivity index (χ1v) is 7.72. The molecule has 2 atom stereocenters. The normalized spacial score (nSPS) is 17.1. The molecule has 1 aromatic heterocycles. The number of esters is 1. The number of pyridine rings is 1. The predicted octanol–water partition coefficient (Wildman–Crippen LogP) is 2.02. The van der Waals surface area contributed by atoms with Crippen molar-refractivity contribution in [1.82, 2.24) is 4.98 Å². The van der Waals surface area contributed by atoms with Crippen LogP contribution >= 0.6 is 0 Å². The molecule has 1 aliphatic rings. The number of amides is 1. The van der Waals surface area contributed by atoms with E-state index >= 15 is 0 Å². The van der Waals surface area contributed by atoms with Crippen LogP contribution in [0.2, 0.25) is 0 Å². The number of methoxy groups -OCH3 is 1. The van der Waals surface area contributed by atoms with E-state index < -0.39 is 34.8 Å². The van der Waals surface area contributed by atoms with Gasteiger partial charge in [0.15, 0.2) is 17.9 Å². The molecule has 0 N–H and O–H groups in total. The molecule has 0 spiro atoms. The Hall–Kier alpha value is -3.49. The number of rotatable bonds is 4. The van der Waals surface area contributed by atoms with E-state index in [-0.39, 0.29) is 11.6 Å². The highest BCUT2D eigenvalue weighted by atomic mass is 16.6. The van der Waals surface area contributed by atoms with Crippen molar-refractivity contribution in [2.45, 2.75) is 19.1 Å². The Morgan fingerprint density at radius 3 is 2.62 bits per heavy atom. The van der Waals surface area contributed by atoms with Crippen LogP contribution < -0.4 is 9.64 Å². The summed E-state index contributed by atoms with van der Waals surface area (Å²) in [5, 5.41) is 11.1. The topological polar surface area (TPSA) is 112 Å². The molecule has 2 unspecified atom stereocenters. The molecule has 0 aliphatic carbocycles. The minimum atomic E-state index is -1.15. The van der Waals surface area contributed by atoms with Gasteiger partial charge in [0, 0.05) is 6.07 Å². The number of nitro groups is 1. The summed E-state index contributed by atoms with van der Waals surface area (Å²) < 4.78 is 10.3. The first-order valence-electron chi connectivity index (χ1n) is 7.72. The van der Waals surface area contributed by atoms with Gasteiger partial charge in [0.1, 0.15) is 0 Å². The van der Waals surface area contributed by atoms with Gasteiger partial charge in [-0.1, -0.05) is 30.3 Å². The van der Waals surface area contributed by atoms with Crippen LogP contribution in [0.15, 0.2) is 42.5 Å². The van der Waals surface area contributed by atoms with E-state index in [0.29, 0.717) is 5.56 Å². The molecule has 2 heterocycles. The molecule has 0 saturated carbocycles. The molecule has 0 saturated heterocycles. The van der Waals surface area contributed by atoms with Gasteiger partial charge in [0.25, 0.3) is 11.7 Å². The summed E-state index contributed by atoms with van der Waals surface area (Å²) in [6.07, 6.45) is -0.887. The van der Waals surface area contributed by atoms with Gasteiger partial charge in [-0.2, -0.15) is 0 Å². The molecule has 1 aromatic carbocycles. The van der Waals surface area contributed by atoms with Crippen LogP contribution in [-0.4, -0.2) is 35.0 Å². The van der Waals surface area contributed by atoms with E-state index in [1.54, 1.807) is 30.3 Å². The molecule has 26 heavy (non-hydrogen) atoms. The lowest BCUT2D eigenvalue weighted by molar-refractivity contribution is -0.389. The Bertz CT molecular complexity index is 870. The highest BCUT2D eigenvalue weighted by Gasteiger charge is 2.44. The summed E-state index contributed by atoms with van der Waals surface area (Å²) in [5.41, 5.74) is 0.487. The zero-order valence-electron chi connectivity index (χ0n) is 14.0. The van der Waals surface area contributed by atoms with Gasteiger partial charge in [0.2, 0.25) is 0 Å². The maximum Gasteiger partial charge on any atom is 0.366 e. The van der Waals surface area contributed by atoms with E-state index in [9.17, 15) is 19.7 Å².